The van der Waals surface area contributed by atoms with Crippen LogP contribution in [0.25, 0.3) is 0 Å². The van der Waals surface area contributed by atoms with Gasteiger partial charge in [0.1, 0.15) is 5.82 Å². The van der Waals surface area contributed by atoms with E-state index in [0.29, 0.717) is 12.2 Å². The van der Waals surface area contributed by atoms with E-state index in [1.54, 1.807) is 11.3 Å². The maximum atomic E-state index is 13.1. The molecule has 2 amide bonds. The Labute approximate surface area is 137 Å². The molecule has 0 aliphatic carbocycles. The SMILES string of the molecule is CN(C)C(CNC(=O)Nc1ccc(F)c(Cl)c1)c1cccs1. The minimum Gasteiger partial charge on any atom is -0.336 e. The Bertz CT molecular complexity index is 634. The minimum absolute atomic E-state index is 0.0254. The summed E-state index contributed by atoms with van der Waals surface area (Å²) in [4.78, 5) is 15.1. The summed E-state index contributed by atoms with van der Waals surface area (Å²) in [5.41, 5.74) is 0.446. The molecule has 1 atom stereocenters. The molecule has 0 fully saturated rings. The zero-order valence-corrected chi connectivity index (χ0v) is 13.8. The van der Waals surface area contributed by atoms with Crippen molar-refractivity contribution >= 4 is 34.7 Å². The van der Waals surface area contributed by atoms with E-state index in [1.165, 1.54) is 23.1 Å². The van der Waals surface area contributed by atoms with Crippen molar-refractivity contribution in [1.29, 1.82) is 0 Å². The zero-order chi connectivity index (χ0) is 16.1. The minimum atomic E-state index is -0.516. The third-order valence-corrected chi connectivity index (χ3v) is 4.39. The Morgan fingerprint density at radius 3 is 2.77 bits per heavy atom. The lowest BCUT2D eigenvalue weighted by atomic mass is 10.2. The van der Waals surface area contributed by atoms with Gasteiger partial charge in [-0.1, -0.05) is 17.7 Å². The maximum Gasteiger partial charge on any atom is 0.319 e. The third kappa shape index (κ3) is 4.43. The molecule has 0 radical (unpaired) electrons. The molecular formula is C15H17ClFN3OS. The molecule has 0 bridgehead atoms. The number of carbonyl (C=O) groups is 1. The van der Waals surface area contributed by atoms with Crippen LogP contribution in [0.3, 0.4) is 0 Å². The number of urea groups is 1. The van der Waals surface area contributed by atoms with Gasteiger partial charge >= 0.3 is 6.03 Å². The van der Waals surface area contributed by atoms with E-state index in [0.717, 1.165) is 0 Å². The Balaban J connectivity index is 1.92. The van der Waals surface area contributed by atoms with Crippen molar-refractivity contribution in [2.24, 2.45) is 0 Å². The summed E-state index contributed by atoms with van der Waals surface area (Å²) in [6, 6.07) is 7.81. The average Bonchev–Trinajstić information content (AvgIpc) is 2.97. The number of carbonyl (C=O) groups excluding carboxylic acids is 1. The zero-order valence-electron chi connectivity index (χ0n) is 12.3. The summed E-state index contributed by atoms with van der Waals surface area (Å²) in [6.07, 6.45) is 0. The van der Waals surface area contributed by atoms with E-state index in [4.69, 9.17) is 11.6 Å². The molecule has 4 nitrogen and oxygen atoms in total. The standard InChI is InChI=1S/C15H17ClFN3OS/c1-20(2)13(14-4-3-7-22-14)9-18-15(21)19-10-5-6-12(17)11(16)8-10/h3-8,13H,9H2,1-2H3,(H2,18,19,21). The van der Waals surface area contributed by atoms with Gasteiger partial charge in [0.25, 0.3) is 0 Å². The number of hydrogen-bond donors (Lipinski definition) is 2. The highest BCUT2D eigenvalue weighted by Gasteiger charge is 2.16. The van der Waals surface area contributed by atoms with Crippen molar-refractivity contribution in [3.05, 3.63) is 51.4 Å². The van der Waals surface area contributed by atoms with E-state index in [2.05, 4.69) is 10.6 Å². The number of benzene rings is 1. The molecule has 1 aromatic heterocycles. The molecular weight excluding hydrogens is 325 g/mol. The fourth-order valence-electron chi connectivity index (χ4n) is 1.96. The Hall–Kier alpha value is -1.63. The summed E-state index contributed by atoms with van der Waals surface area (Å²) in [7, 11) is 3.92. The maximum absolute atomic E-state index is 13.1. The number of halogens is 2. The molecule has 1 aromatic carbocycles. The van der Waals surface area contributed by atoms with Gasteiger partial charge in [0.15, 0.2) is 0 Å². The van der Waals surface area contributed by atoms with Crippen molar-refractivity contribution in [2.45, 2.75) is 6.04 Å². The third-order valence-electron chi connectivity index (χ3n) is 3.13. The first-order chi connectivity index (χ1) is 10.5. The highest BCUT2D eigenvalue weighted by atomic mass is 35.5. The first-order valence-electron chi connectivity index (χ1n) is 6.67. The van der Waals surface area contributed by atoms with Crippen LogP contribution in [0, 0.1) is 5.82 Å². The number of likely N-dealkylation sites (N-methyl/N-ethyl adjacent to an activating group) is 1. The van der Waals surface area contributed by atoms with Gasteiger partial charge in [-0.2, -0.15) is 0 Å². The molecule has 0 aliphatic heterocycles. The number of anilines is 1. The van der Waals surface area contributed by atoms with Crippen LogP contribution in [-0.4, -0.2) is 31.6 Å². The lowest BCUT2D eigenvalue weighted by Gasteiger charge is -2.23. The van der Waals surface area contributed by atoms with E-state index in [1.807, 2.05) is 36.5 Å². The van der Waals surface area contributed by atoms with Crippen LogP contribution < -0.4 is 10.6 Å². The van der Waals surface area contributed by atoms with Crippen LogP contribution in [0.15, 0.2) is 35.7 Å². The van der Waals surface area contributed by atoms with Crippen molar-refractivity contribution in [3.63, 3.8) is 0 Å². The van der Waals surface area contributed by atoms with Gasteiger partial charge in [-0.15, -0.1) is 11.3 Å². The van der Waals surface area contributed by atoms with Gasteiger partial charge in [-0.25, -0.2) is 9.18 Å². The highest BCUT2D eigenvalue weighted by Crippen LogP contribution is 2.22. The molecule has 0 saturated carbocycles. The number of rotatable bonds is 5. The van der Waals surface area contributed by atoms with Crippen LogP contribution in [0.1, 0.15) is 10.9 Å². The molecule has 2 rings (SSSR count). The fourth-order valence-corrected chi connectivity index (χ4v) is 3.06. The van der Waals surface area contributed by atoms with Crippen LogP contribution in [0.5, 0.6) is 0 Å². The lowest BCUT2D eigenvalue weighted by molar-refractivity contribution is 0.244. The second-order valence-corrected chi connectivity index (χ2v) is 6.35. The van der Waals surface area contributed by atoms with Gasteiger partial charge < -0.3 is 15.5 Å². The topological polar surface area (TPSA) is 44.4 Å². The quantitative estimate of drug-likeness (QED) is 0.864. The predicted octanol–water partition coefficient (Wildman–Crippen LogP) is 3.97. The Kier molecular flexibility index (Phi) is 5.76. The van der Waals surface area contributed by atoms with Gasteiger partial charge in [0, 0.05) is 17.1 Å². The summed E-state index contributed by atoms with van der Waals surface area (Å²) in [6.45, 7) is 0.467. The first-order valence-corrected chi connectivity index (χ1v) is 7.93. The number of nitrogens with zero attached hydrogens (tertiary/aromatic N) is 1. The van der Waals surface area contributed by atoms with Gasteiger partial charge in [0.05, 0.1) is 11.1 Å². The van der Waals surface area contributed by atoms with Gasteiger partial charge in [-0.05, 0) is 43.7 Å². The van der Waals surface area contributed by atoms with Crippen LogP contribution >= 0.6 is 22.9 Å². The molecule has 2 aromatic rings. The Morgan fingerprint density at radius 2 is 2.18 bits per heavy atom. The van der Waals surface area contributed by atoms with Gasteiger partial charge in [0.2, 0.25) is 0 Å². The average molecular weight is 342 g/mol. The van der Waals surface area contributed by atoms with Crippen molar-refractivity contribution in [1.82, 2.24) is 10.2 Å². The lowest BCUT2D eigenvalue weighted by Crippen LogP contribution is -2.36. The highest BCUT2D eigenvalue weighted by molar-refractivity contribution is 7.10. The molecule has 118 valence electrons. The summed E-state index contributed by atoms with van der Waals surface area (Å²) >= 11 is 7.33. The molecule has 1 heterocycles. The first kappa shape index (κ1) is 16.7. The monoisotopic (exact) mass is 341 g/mol. The molecule has 2 N–H and O–H groups in total. The van der Waals surface area contributed by atoms with Crippen molar-refractivity contribution in [3.8, 4) is 0 Å². The largest absolute Gasteiger partial charge is 0.336 e. The smallest absolute Gasteiger partial charge is 0.319 e. The van der Waals surface area contributed by atoms with Crippen molar-refractivity contribution in [2.75, 3.05) is 26.0 Å². The fraction of sp³-hybridized carbons (Fsp3) is 0.267. The van der Waals surface area contributed by atoms with Crippen LogP contribution in [-0.2, 0) is 0 Å². The second-order valence-electron chi connectivity index (χ2n) is 4.96. The van der Waals surface area contributed by atoms with Crippen molar-refractivity contribution < 1.29 is 9.18 Å². The molecule has 22 heavy (non-hydrogen) atoms. The summed E-state index contributed by atoms with van der Waals surface area (Å²) < 4.78 is 13.1. The molecule has 0 saturated heterocycles. The number of hydrogen-bond acceptors (Lipinski definition) is 3. The number of amides is 2. The van der Waals surface area contributed by atoms with E-state index in [9.17, 15) is 9.18 Å². The van der Waals surface area contributed by atoms with E-state index < -0.39 is 5.82 Å². The number of thiophene rings is 1. The molecule has 1 unspecified atom stereocenters. The summed E-state index contributed by atoms with van der Waals surface area (Å²) in [5.74, 6) is -0.516. The second kappa shape index (κ2) is 7.58. The van der Waals surface area contributed by atoms with E-state index in [-0.39, 0.29) is 17.1 Å². The molecule has 0 spiro atoms. The normalized spacial score (nSPS) is 12.2. The molecule has 7 heteroatoms. The molecule has 0 aliphatic rings. The Morgan fingerprint density at radius 1 is 1.41 bits per heavy atom. The number of nitrogens with one attached hydrogen (secondary N) is 2. The van der Waals surface area contributed by atoms with E-state index >= 15 is 0 Å². The van der Waals surface area contributed by atoms with Crippen LogP contribution in [0.2, 0.25) is 5.02 Å². The predicted molar refractivity (Wildman–Crippen MR) is 89.2 cm³/mol. The summed E-state index contributed by atoms with van der Waals surface area (Å²) in [5, 5.41) is 7.43. The van der Waals surface area contributed by atoms with Gasteiger partial charge in [-0.3, -0.25) is 0 Å². The van der Waals surface area contributed by atoms with Crippen LogP contribution in [0.4, 0.5) is 14.9 Å².